The van der Waals surface area contributed by atoms with E-state index in [9.17, 15) is 0 Å². The first-order chi connectivity index (χ1) is 10.6. The highest BCUT2D eigenvalue weighted by atomic mass is 16.4. The Labute approximate surface area is 131 Å². The van der Waals surface area contributed by atoms with Crippen molar-refractivity contribution in [2.45, 2.75) is 57.0 Å². The Morgan fingerprint density at radius 3 is 2.55 bits per heavy atom. The van der Waals surface area contributed by atoms with E-state index in [4.69, 9.17) is 4.42 Å². The van der Waals surface area contributed by atoms with E-state index in [1.807, 2.05) is 6.92 Å². The highest BCUT2D eigenvalue weighted by Crippen LogP contribution is 2.50. The van der Waals surface area contributed by atoms with Crippen molar-refractivity contribution >= 4 is 0 Å². The van der Waals surface area contributed by atoms with Crippen LogP contribution in [-0.2, 0) is 0 Å². The van der Waals surface area contributed by atoms with Crippen molar-refractivity contribution in [3.63, 3.8) is 0 Å². The molecule has 3 unspecified atom stereocenters. The van der Waals surface area contributed by atoms with Crippen LogP contribution in [0.15, 0.2) is 28.7 Å². The fraction of sp³-hybridized carbons (Fsp3) is 0.556. The Bertz CT molecular complexity index is 663. The summed E-state index contributed by atoms with van der Waals surface area (Å²) in [5.41, 5.74) is 2.72. The van der Waals surface area contributed by atoms with Crippen LogP contribution < -0.4 is 0 Å². The van der Waals surface area contributed by atoms with E-state index in [2.05, 4.69) is 53.3 Å². The van der Waals surface area contributed by atoms with Gasteiger partial charge in [-0.25, -0.2) is 0 Å². The quantitative estimate of drug-likeness (QED) is 0.852. The molecule has 0 aliphatic carbocycles. The molecule has 4 nitrogen and oxygen atoms in total. The monoisotopic (exact) mass is 297 g/mol. The van der Waals surface area contributed by atoms with E-state index in [-0.39, 0.29) is 0 Å². The Balaban J connectivity index is 1.76. The molecule has 4 rings (SSSR count). The summed E-state index contributed by atoms with van der Waals surface area (Å²) in [5, 5.41) is 8.45. The first-order valence-corrected chi connectivity index (χ1v) is 8.22. The molecule has 3 heterocycles. The third-order valence-electron chi connectivity index (χ3n) is 5.60. The topological polar surface area (TPSA) is 42.2 Å². The van der Waals surface area contributed by atoms with Crippen LogP contribution in [0.4, 0.5) is 0 Å². The summed E-state index contributed by atoms with van der Waals surface area (Å²) in [6.45, 7) is 4.02. The van der Waals surface area contributed by atoms with Gasteiger partial charge >= 0.3 is 0 Å². The number of rotatable bonds is 2. The molecule has 22 heavy (non-hydrogen) atoms. The van der Waals surface area contributed by atoms with Gasteiger partial charge in [0.05, 0.1) is 5.92 Å². The maximum atomic E-state index is 5.85. The first kappa shape index (κ1) is 13.9. The van der Waals surface area contributed by atoms with Crippen LogP contribution in [-0.4, -0.2) is 34.2 Å². The summed E-state index contributed by atoms with van der Waals surface area (Å²) < 4.78 is 5.85. The molecule has 2 bridgehead atoms. The van der Waals surface area contributed by atoms with Gasteiger partial charge in [0.1, 0.15) is 0 Å². The van der Waals surface area contributed by atoms with E-state index in [1.165, 1.54) is 30.4 Å². The van der Waals surface area contributed by atoms with Crippen LogP contribution in [0.5, 0.6) is 0 Å². The number of aromatic nitrogens is 2. The second kappa shape index (κ2) is 5.20. The van der Waals surface area contributed by atoms with Gasteiger partial charge in [-0.1, -0.05) is 29.8 Å². The van der Waals surface area contributed by atoms with Crippen LogP contribution in [0.3, 0.4) is 0 Å². The number of hydrogen-bond acceptors (Lipinski definition) is 4. The lowest BCUT2D eigenvalue weighted by atomic mass is 9.76. The van der Waals surface area contributed by atoms with E-state index < -0.39 is 0 Å². The van der Waals surface area contributed by atoms with Crippen molar-refractivity contribution in [1.82, 2.24) is 15.1 Å². The Morgan fingerprint density at radius 1 is 1.09 bits per heavy atom. The van der Waals surface area contributed by atoms with Crippen molar-refractivity contribution in [1.29, 1.82) is 0 Å². The normalized spacial score (nSPS) is 31.6. The van der Waals surface area contributed by atoms with E-state index in [1.54, 1.807) is 0 Å². The van der Waals surface area contributed by atoms with Crippen molar-refractivity contribution in [3.05, 3.63) is 47.2 Å². The highest BCUT2D eigenvalue weighted by molar-refractivity contribution is 5.29. The molecule has 0 N–H and O–H groups in total. The molecule has 1 aromatic carbocycles. The molecule has 2 aliphatic heterocycles. The number of benzene rings is 1. The van der Waals surface area contributed by atoms with E-state index >= 15 is 0 Å². The molecule has 2 saturated heterocycles. The number of likely N-dealkylation sites (N-methyl/N-ethyl adjacent to an activating group) is 1. The fourth-order valence-electron chi connectivity index (χ4n) is 4.41. The van der Waals surface area contributed by atoms with Crippen molar-refractivity contribution in [2.75, 3.05) is 7.05 Å². The van der Waals surface area contributed by atoms with Gasteiger partial charge in [-0.2, -0.15) is 0 Å². The SMILES string of the molecule is Cc1ccc([C@H]2CC3CCC(C2c2nnc(C)o2)N3C)cc1. The lowest BCUT2D eigenvalue weighted by molar-refractivity contribution is 0.123. The molecule has 4 heteroatoms. The molecule has 0 amide bonds. The van der Waals surface area contributed by atoms with Gasteiger partial charge in [-0.05, 0) is 44.7 Å². The predicted octanol–water partition coefficient (Wildman–Crippen LogP) is 3.42. The minimum Gasteiger partial charge on any atom is -0.425 e. The molecule has 116 valence electrons. The molecule has 4 atom stereocenters. The average molecular weight is 297 g/mol. The van der Waals surface area contributed by atoms with Crippen molar-refractivity contribution in [2.24, 2.45) is 0 Å². The highest BCUT2D eigenvalue weighted by Gasteiger charge is 2.48. The Hall–Kier alpha value is -1.68. The number of nitrogens with zero attached hydrogens (tertiary/aromatic N) is 3. The number of aryl methyl sites for hydroxylation is 2. The molecule has 0 radical (unpaired) electrons. The van der Waals surface area contributed by atoms with E-state index in [0.717, 1.165) is 5.89 Å². The predicted molar refractivity (Wildman–Crippen MR) is 84.9 cm³/mol. The molecule has 0 spiro atoms. The molecule has 0 saturated carbocycles. The van der Waals surface area contributed by atoms with Crippen molar-refractivity contribution in [3.8, 4) is 0 Å². The van der Waals surface area contributed by atoms with Crippen molar-refractivity contribution < 1.29 is 4.42 Å². The van der Waals surface area contributed by atoms with Gasteiger partial charge in [0.15, 0.2) is 0 Å². The van der Waals surface area contributed by atoms with Gasteiger partial charge in [0.25, 0.3) is 0 Å². The summed E-state index contributed by atoms with van der Waals surface area (Å²) in [5.74, 6) is 2.28. The summed E-state index contributed by atoms with van der Waals surface area (Å²) in [7, 11) is 2.25. The van der Waals surface area contributed by atoms with Crippen LogP contribution in [0.1, 0.15) is 54.0 Å². The lowest BCUT2D eigenvalue weighted by Gasteiger charge is -2.41. The standard InChI is InChI=1S/C18H23N3O/c1-11-4-6-13(7-5-11)15-10-14-8-9-16(21(14)3)17(15)18-20-19-12(2)22-18/h4-7,14-17H,8-10H2,1-3H3/t14?,15-,16?,17?/m1/s1. The Kier molecular flexibility index (Phi) is 3.30. The van der Waals surface area contributed by atoms with Gasteiger partial charge in [0.2, 0.25) is 11.8 Å². The summed E-state index contributed by atoms with van der Waals surface area (Å²) in [6, 6.07) is 10.2. The molecule has 2 fully saturated rings. The van der Waals surface area contributed by atoms with Gasteiger partial charge in [0, 0.05) is 19.0 Å². The smallest absolute Gasteiger partial charge is 0.221 e. The van der Waals surface area contributed by atoms with Crippen LogP contribution in [0.25, 0.3) is 0 Å². The molecule has 1 aromatic heterocycles. The van der Waals surface area contributed by atoms with E-state index in [0.29, 0.717) is 29.8 Å². The molecular weight excluding hydrogens is 274 g/mol. The van der Waals surface area contributed by atoms with Gasteiger partial charge in [-0.3, -0.25) is 4.90 Å². The summed E-state index contributed by atoms with van der Waals surface area (Å²) >= 11 is 0. The Morgan fingerprint density at radius 2 is 1.86 bits per heavy atom. The second-order valence-corrected chi connectivity index (χ2v) is 6.90. The second-order valence-electron chi connectivity index (χ2n) is 6.90. The van der Waals surface area contributed by atoms with Crippen LogP contribution in [0.2, 0.25) is 0 Å². The zero-order valence-corrected chi connectivity index (χ0v) is 13.5. The molecule has 2 aromatic rings. The maximum Gasteiger partial charge on any atom is 0.221 e. The summed E-state index contributed by atoms with van der Waals surface area (Å²) in [4.78, 5) is 2.54. The number of hydrogen-bond donors (Lipinski definition) is 0. The minimum absolute atomic E-state index is 0.313. The first-order valence-electron chi connectivity index (χ1n) is 8.22. The zero-order chi connectivity index (χ0) is 15.3. The molecule has 2 aliphatic rings. The third kappa shape index (κ3) is 2.17. The van der Waals surface area contributed by atoms with Gasteiger partial charge < -0.3 is 4.42 Å². The largest absolute Gasteiger partial charge is 0.425 e. The molecular formula is C18H23N3O. The number of fused-ring (bicyclic) bond motifs is 2. The maximum absolute atomic E-state index is 5.85. The average Bonchev–Trinajstić information content (AvgIpc) is 3.02. The minimum atomic E-state index is 0.313. The third-order valence-corrected chi connectivity index (χ3v) is 5.60. The summed E-state index contributed by atoms with van der Waals surface area (Å²) in [6.07, 6.45) is 3.70. The van der Waals surface area contributed by atoms with Gasteiger partial charge in [-0.15, -0.1) is 10.2 Å². The number of piperidine rings is 1. The zero-order valence-electron chi connectivity index (χ0n) is 13.5. The van der Waals surface area contributed by atoms with Crippen LogP contribution in [0, 0.1) is 13.8 Å². The fourth-order valence-corrected chi connectivity index (χ4v) is 4.41. The lowest BCUT2D eigenvalue weighted by Crippen LogP contribution is -2.44. The van der Waals surface area contributed by atoms with Crippen LogP contribution >= 0.6 is 0 Å².